The molecule has 4 heteroatoms. The first kappa shape index (κ1) is 11.0. The molecular weight excluding hydrogens is 204 g/mol. The topological polar surface area (TPSA) is 61.4 Å². The molecule has 86 valence electrons. The van der Waals surface area contributed by atoms with Gasteiger partial charge in [0.2, 0.25) is 5.91 Å². The number of amides is 1. The zero-order chi connectivity index (χ0) is 11.5. The van der Waals surface area contributed by atoms with Crippen molar-refractivity contribution in [2.24, 2.45) is 0 Å². The van der Waals surface area contributed by atoms with Crippen LogP contribution in [0.25, 0.3) is 0 Å². The number of aliphatic hydroxyl groups excluding tert-OH is 1. The molecular formula is C12H16N2O2. The average Bonchev–Trinajstić information content (AvgIpc) is 2.69. The lowest BCUT2D eigenvalue weighted by atomic mass is 10.1. The summed E-state index contributed by atoms with van der Waals surface area (Å²) in [5, 5.41) is 15.0. The summed E-state index contributed by atoms with van der Waals surface area (Å²) in [6.07, 6.45) is 0.203. The molecule has 0 radical (unpaired) electrons. The lowest BCUT2D eigenvalue weighted by molar-refractivity contribution is -0.122. The Labute approximate surface area is 94.7 Å². The van der Waals surface area contributed by atoms with Crippen molar-refractivity contribution >= 4 is 11.6 Å². The summed E-state index contributed by atoms with van der Waals surface area (Å²) in [5.41, 5.74) is 2.19. The van der Waals surface area contributed by atoms with Crippen LogP contribution < -0.4 is 10.6 Å². The number of anilines is 1. The fourth-order valence-electron chi connectivity index (χ4n) is 1.83. The van der Waals surface area contributed by atoms with Crippen LogP contribution in [-0.2, 0) is 11.2 Å². The van der Waals surface area contributed by atoms with Crippen LogP contribution in [0.1, 0.15) is 12.5 Å². The largest absolute Gasteiger partial charge is 0.392 e. The van der Waals surface area contributed by atoms with Crippen molar-refractivity contribution in [3.8, 4) is 0 Å². The molecule has 0 bridgehead atoms. The minimum Gasteiger partial charge on any atom is -0.392 e. The molecule has 1 amide bonds. The van der Waals surface area contributed by atoms with Gasteiger partial charge in [0.15, 0.2) is 0 Å². The summed E-state index contributed by atoms with van der Waals surface area (Å²) in [6, 6.07) is 7.69. The maximum Gasteiger partial charge on any atom is 0.242 e. The molecule has 1 heterocycles. The number of carbonyl (C=O) groups excluding carboxylic acids is 1. The van der Waals surface area contributed by atoms with Crippen molar-refractivity contribution in [2.75, 3.05) is 11.9 Å². The van der Waals surface area contributed by atoms with E-state index in [1.54, 1.807) is 6.92 Å². The Hall–Kier alpha value is -1.55. The Morgan fingerprint density at radius 1 is 1.62 bits per heavy atom. The molecule has 16 heavy (non-hydrogen) atoms. The number of aliphatic hydroxyl groups is 1. The number of hydrogen-bond donors (Lipinski definition) is 3. The molecule has 2 atom stereocenters. The summed E-state index contributed by atoms with van der Waals surface area (Å²) >= 11 is 0. The standard InChI is InChI=1S/C12H16N2O2/c1-8(15)7-13-12(16)11-6-9-4-2-3-5-10(9)14-11/h2-5,8,11,14-15H,6-7H2,1H3,(H,13,16)/t8-,11+/m1/s1. The summed E-state index contributed by atoms with van der Waals surface area (Å²) in [7, 11) is 0. The van der Waals surface area contributed by atoms with Crippen molar-refractivity contribution in [3.63, 3.8) is 0 Å². The van der Waals surface area contributed by atoms with Crippen molar-refractivity contribution < 1.29 is 9.90 Å². The van der Waals surface area contributed by atoms with Gasteiger partial charge in [0.1, 0.15) is 6.04 Å². The molecule has 2 rings (SSSR count). The highest BCUT2D eigenvalue weighted by Gasteiger charge is 2.25. The van der Waals surface area contributed by atoms with Gasteiger partial charge >= 0.3 is 0 Å². The molecule has 0 aliphatic carbocycles. The van der Waals surface area contributed by atoms with Crippen LogP contribution in [0.4, 0.5) is 5.69 Å². The second kappa shape index (κ2) is 4.53. The van der Waals surface area contributed by atoms with Crippen LogP contribution >= 0.6 is 0 Å². The van der Waals surface area contributed by atoms with Crippen molar-refractivity contribution in [2.45, 2.75) is 25.5 Å². The molecule has 0 saturated heterocycles. The van der Waals surface area contributed by atoms with Gasteiger partial charge in [0.05, 0.1) is 6.10 Å². The van der Waals surface area contributed by atoms with Crippen LogP contribution in [-0.4, -0.2) is 29.7 Å². The van der Waals surface area contributed by atoms with Gasteiger partial charge in [-0.25, -0.2) is 0 Å². The van der Waals surface area contributed by atoms with E-state index in [4.69, 9.17) is 5.11 Å². The van der Waals surface area contributed by atoms with Gasteiger partial charge in [-0.05, 0) is 18.6 Å². The molecule has 1 aromatic rings. The highest BCUT2D eigenvalue weighted by Crippen LogP contribution is 2.24. The van der Waals surface area contributed by atoms with Gasteiger partial charge in [0.25, 0.3) is 0 Å². The summed E-state index contributed by atoms with van der Waals surface area (Å²) in [4.78, 5) is 11.7. The second-order valence-corrected chi connectivity index (χ2v) is 4.15. The van der Waals surface area contributed by atoms with Gasteiger partial charge in [-0.15, -0.1) is 0 Å². The summed E-state index contributed by atoms with van der Waals surface area (Å²) < 4.78 is 0. The molecule has 1 aliphatic heterocycles. The van der Waals surface area contributed by atoms with E-state index in [1.165, 1.54) is 5.56 Å². The first-order chi connectivity index (χ1) is 7.66. The monoisotopic (exact) mass is 220 g/mol. The van der Waals surface area contributed by atoms with Gasteiger partial charge in [-0.1, -0.05) is 18.2 Å². The van der Waals surface area contributed by atoms with Crippen LogP contribution in [0.2, 0.25) is 0 Å². The highest BCUT2D eigenvalue weighted by atomic mass is 16.3. The molecule has 4 nitrogen and oxygen atoms in total. The van der Waals surface area contributed by atoms with Gasteiger partial charge in [-0.2, -0.15) is 0 Å². The number of para-hydroxylation sites is 1. The number of fused-ring (bicyclic) bond motifs is 1. The molecule has 0 saturated carbocycles. The van der Waals surface area contributed by atoms with E-state index in [0.717, 1.165) is 5.69 Å². The number of carbonyl (C=O) groups is 1. The predicted octanol–water partition coefficient (Wildman–Crippen LogP) is 0.520. The van der Waals surface area contributed by atoms with E-state index >= 15 is 0 Å². The quantitative estimate of drug-likeness (QED) is 0.696. The molecule has 0 aromatic heterocycles. The fraction of sp³-hybridized carbons (Fsp3) is 0.417. The lowest BCUT2D eigenvalue weighted by Crippen LogP contribution is -2.41. The van der Waals surface area contributed by atoms with Gasteiger partial charge in [0, 0.05) is 18.7 Å². The summed E-state index contributed by atoms with van der Waals surface area (Å²) in [6.45, 7) is 1.95. The first-order valence-electron chi connectivity index (χ1n) is 5.47. The molecule has 1 aromatic carbocycles. The Kier molecular flexibility index (Phi) is 3.10. The van der Waals surface area contributed by atoms with Crippen molar-refractivity contribution in [1.29, 1.82) is 0 Å². The van der Waals surface area contributed by atoms with E-state index in [-0.39, 0.29) is 11.9 Å². The maximum absolute atomic E-state index is 11.7. The number of nitrogens with one attached hydrogen (secondary N) is 2. The Balaban J connectivity index is 1.93. The van der Waals surface area contributed by atoms with Crippen molar-refractivity contribution in [3.05, 3.63) is 29.8 Å². The van der Waals surface area contributed by atoms with E-state index in [1.807, 2.05) is 24.3 Å². The van der Waals surface area contributed by atoms with Crippen LogP contribution in [0.3, 0.4) is 0 Å². The third-order valence-corrected chi connectivity index (χ3v) is 2.66. The van der Waals surface area contributed by atoms with Crippen LogP contribution in [0.15, 0.2) is 24.3 Å². The zero-order valence-corrected chi connectivity index (χ0v) is 9.23. The molecule has 0 spiro atoms. The third kappa shape index (κ3) is 2.33. The van der Waals surface area contributed by atoms with Crippen molar-refractivity contribution in [1.82, 2.24) is 5.32 Å². The van der Waals surface area contributed by atoms with Crippen LogP contribution in [0.5, 0.6) is 0 Å². The first-order valence-corrected chi connectivity index (χ1v) is 5.47. The van der Waals surface area contributed by atoms with Gasteiger partial charge < -0.3 is 15.7 Å². The Morgan fingerprint density at radius 3 is 3.06 bits per heavy atom. The lowest BCUT2D eigenvalue weighted by Gasteiger charge is -2.12. The normalized spacial score (nSPS) is 19.8. The zero-order valence-electron chi connectivity index (χ0n) is 9.23. The Bertz CT molecular complexity index is 365. The number of rotatable bonds is 3. The van der Waals surface area contributed by atoms with E-state index in [2.05, 4.69) is 10.6 Å². The fourth-order valence-corrected chi connectivity index (χ4v) is 1.83. The molecule has 3 N–H and O–H groups in total. The second-order valence-electron chi connectivity index (χ2n) is 4.15. The van der Waals surface area contributed by atoms with E-state index < -0.39 is 6.10 Å². The SMILES string of the molecule is C[C@@H](O)CNC(=O)[C@@H]1Cc2ccccc2N1. The third-order valence-electron chi connectivity index (χ3n) is 2.66. The minimum atomic E-state index is -0.507. The van der Waals surface area contributed by atoms with E-state index in [9.17, 15) is 4.79 Å². The molecule has 1 aliphatic rings. The highest BCUT2D eigenvalue weighted by molar-refractivity contribution is 5.87. The molecule has 0 unspecified atom stereocenters. The summed E-state index contributed by atoms with van der Waals surface area (Å²) in [5.74, 6) is -0.0582. The van der Waals surface area contributed by atoms with Crippen LogP contribution in [0, 0.1) is 0 Å². The average molecular weight is 220 g/mol. The minimum absolute atomic E-state index is 0.0582. The maximum atomic E-state index is 11.7. The van der Waals surface area contributed by atoms with Gasteiger partial charge in [-0.3, -0.25) is 4.79 Å². The smallest absolute Gasteiger partial charge is 0.242 e. The molecule has 0 fully saturated rings. The number of benzene rings is 1. The number of hydrogen-bond acceptors (Lipinski definition) is 3. The van der Waals surface area contributed by atoms with E-state index in [0.29, 0.717) is 13.0 Å². The Morgan fingerprint density at radius 2 is 2.38 bits per heavy atom. The predicted molar refractivity (Wildman–Crippen MR) is 62.2 cm³/mol.